The lowest BCUT2D eigenvalue weighted by Crippen LogP contribution is -2.13. The van der Waals surface area contributed by atoms with Gasteiger partial charge in [0.1, 0.15) is 5.75 Å². The van der Waals surface area contributed by atoms with Crippen molar-refractivity contribution in [2.75, 3.05) is 12.4 Å². The average molecular weight is 297 g/mol. The summed E-state index contributed by atoms with van der Waals surface area (Å²) in [5.41, 5.74) is 0.756. The van der Waals surface area contributed by atoms with Crippen LogP contribution in [-0.4, -0.2) is 18.0 Å². The highest BCUT2D eigenvalue weighted by atomic mass is 35.5. The number of pyridine rings is 1. The number of ether oxygens (including phenoxy) is 1. The largest absolute Gasteiger partial charge is 0.495 e. The minimum Gasteiger partial charge on any atom is -0.495 e. The molecule has 1 heterocycles. The number of halogens is 2. The molecule has 2 aromatic rings. The molecule has 2 rings (SSSR count). The highest BCUT2D eigenvalue weighted by Gasteiger charge is 2.13. The summed E-state index contributed by atoms with van der Waals surface area (Å²) in [6, 6.07) is 6.49. The second-order valence-electron chi connectivity index (χ2n) is 3.65. The molecule has 0 bridgehead atoms. The van der Waals surface area contributed by atoms with Crippen LogP contribution in [0.25, 0.3) is 0 Å². The fourth-order valence-electron chi connectivity index (χ4n) is 1.51. The van der Waals surface area contributed by atoms with Gasteiger partial charge in [0.05, 0.1) is 23.4 Å². The zero-order valence-corrected chi connectivity index (χ0v) is 11.5. The number of amides is 1. The third-order valence-electron chi connectivity index (χ3n) is 2.42. The van der Waals surface area contributed by atoms with E-state index in [2.05, 4.69) is 10.3 Å². The Hall–Kier alpha value is -1.78. The van der Waals surface area contributed by atoms with Crippen molar-refractivity contribution in [2.24, 2.45) is 0 Å². The number of nitrogens with one attached hydrogen (secondary N) is 1. The third-order valence-corrected chi connectivity index (χ3v) is 2.99. The predicted octanol–water partition coefficient (Wildman–Crippen LogP) is 3.65. The minimum atomic E-state index is -0.376. The molecule has 0 unspecified atom stereocenters. The summed E-state index contributed by atoms with van der Waals surface area (Å²) < 4.78 is 5.15. The Morgan fingerprint density at radius 1 is 1.32 bits per heavy atom. The molecule has 0 fully saturated rings. The highest BCUT2D eigenvalue weighted by Crippen LogP contribution is 2.28. The van der Waals surface area contributed by atoms with Crippen LogP contribution in [0.5, 0.6) is 5.75 Å². The van der Waals surface area contributed by atoms with Gasteiger partial charge >= 0.3 is 0 Å². The maximum atomic E-state index is 12.1. The number of benzene rings is 1. The quantitative estimate of drug-likeness (QED) is 0.940. The number of carbonyl (C=O) groups excluding carboxylic acids is 1. The van der Waals surface area contributed by atoms with E-state index < -0.39 is 0 Å². The van der Waals surface area contributed by atoms with Crippen LogP contribution >= 0.6 is 23.2 Å². The van der Waals surface area contributed by atoms with E-state index in [0.29, 0.717) is 21.5 Å². The Morgan fingerprint density at radius 3 is 2.79 bits per heavy atom. The number of methoxy groups -OCH3 is 1. The van der Waals surface area contributed by atoms with Crippen molar-refractivity contribution < 1.29 is 9.53 Å². The van der Waals surface area contributed by atoms with Crippen molar-refractivity contribution in [3.05, 3.63) is 52.3 Å². The van der Waals surface area contributed by atoms with Crippen molar-refractivity contribution in [2.45, 2.75) is 0 Å². The number of aromatic nitrogens is 1. The van der Waals surface area contributed by atoms with Crippen LogP contribution < -0.4 is 10.1 Å². The SMILES string of the molecule is COc1ccc(Cl)cc1NC(=O)c1cnccc1Cl. The Kier molecular flexibility index (Phi) is 4.24. The number of carbonyl (C=O) groups is 1. The fraction of sp³-hybridized carbons (Fsp3) is 0.0769. The van der Waals surface area contributed by atoms with E-state index in [-0.39, 0.29) is 11.5 Å². The Bertz CT molecular complexity index is 617. The van der Waals surface area contributed by atoms with E-state index in [4.69, 9.17) is 27.9 Å². The van der Waals surface area contributed by atoms with Gasteiger partial charge in [0.25, 0.3) is 5.91 Å². The molecule has 0 aliphatic carbocycles. The lowest BCUT2D eigenvalue weighted by molar-refractivity contribution is 0.102. The molecule has 1 aromatic heterocycles. The molecule has 4 nitrogen and oxygen atoms in total. The summed E-state index contributed by atoms with van der Waals surface area (Å²) >= 11 is 11.8. The van der Waals surface area contributed by atoms with Crippen LogP contribution in [0.4, 0.5) is 5.69 Å². The van der Waals surface area contributed by atoms with Gasteiger partial charge in [0.15, 0.2) is 0 Å². The highest BCUT2D eigenvalue weighted by molar-refractivity contribution is 6.34. The number of nitrogens with zero attached hydrogens (tertiary/aromatic N) is 1. The van der Waals surface area contributed by atoms with Gasteiger partial charge in [-0.2, -0.15) is 0 Å². The number of rotatable bonds is 3. The molecule has 0 atom stereocenters. The molecule has 98 valence electrons. The first kappa shape index (κ1) is 13.6. The van der Waals surface area contributed by atoms with Gasteiger partial charge in [-0.05, 0) is 24.3 Å². The van der Waals surface area contributed by atoms with Gasteiger partial charge in [-0.25, -0.2) is 0 Å². The second-order valence-corrected chi connectivity index (χ2v) is 4.50. The fourth-order valence-corrected chi connectivity index (χ4v) is 1.88. The molecule has 0 aliphatic rings. The molecule has 1 amide bonds. The molecular weight excluding hydrogens is 287 g/mol. The number of hydrogen-bond donors (Lipinski definition) is 1. The van der Waals surface area contributed by atoms with Crippen LogP contribution in [0.2, 0.25) is 10.0 Å². The molecule has 19 heavy (non-hydrogen) atoms. The number of anilines is 1. The smallest absolute Gasteiger partial charge is 0.258 e. The van der Waals surface area contributed by atoms with Crippen LogP contribution in [0, 0.1) is 0 Å². The molecule has 0 spiro atoms. The Labute approximate surface area is 120 Å². The normalized spacial score (nSPS) is 10.1. The zero-order chi connectivity index (χ0) is 13.8. The Morgan fingerprint density at radius 2 is 2.11 bits per heavy atom. The first-order valence-corrected chi connectivity index (χ1v) is 6.12. The van der Waals surface area contributed by atoms with E-state index in [0.717, 1.165) is 0 Å². The van der Waals surface area contributed by atoms with E-state index in [1.54, 1.807) is 24.3 Å². The molecule has 0 aliphatic heterocycles. The van der Waals surface area contributed by atoms with Crippen LogP contribution in [0.3, 0.4) is 0 Å². The van der Waals surface area contributed by atoms with Crippen molar-refractivity contribution >= 4 is 34.8 Å². The minimum absolute atomic E-state index is 0.284. The van der Waals surface area contributed by atoms with Gasteiger partial charge in [0.2, 0.25) is 0 Å². The van der Waals surface area contributed by atoms with E-state index in [1.165, 1.54) is 19.5 Å². The van der Waals surface area contributed by atoms with Crippen LogP contribution in [0.1, 0.15) is 10.4 Å². The molecule has 0 saturated carbocycles. The Balaban J connectivity index is 2.29. The predicted molar refractivity (Wildman–Crippen MR) is 75.2 cm³/mol. The average Bonchev–Trinajstić information content (AvgIpc) is 2.39. The maximum absolute atomic E-state index is 12.1. The van der Waals surface area contributed by atoms with Crippen LogP contribution in [0.15, 0.2) is 36.7 Å². The standard InChI is InChI=1S/C13H10Cl2N2O2/c1-19-12-3-2-8(14)6-11(12)17-13(18)9-7-16-5-4-10(9)15/h2-7H,1H3,(H,17,18). The first-order chi connectivity index (χ1) is 9.11. The summed E-state index contributed by atoms with van der Waals surface area (Å²) in [6.07, 6.45) is 2.91. The van der Waals surface area contributed by atoms with Gasteiger partial charge in [-0.3, -0.25) is 9.78 Å². The topological polar surface area (TPSA) is 51.2 Å². The van der Waals surface area contributed by atoms with Gasteiger partial charge in [-0.15, -0.1) is 0 Å². The van der Waals surface area contributed by atoms with Gasteiger partial charge in [-0.1, -0.05) is 23.2 Å². The summed E-state index contributed by atoms with van der Waals surface area (Å²) in [5, 5.41) is 3.51. The molecule has 0 saturated heterocycles. The summed E-state index contributed by atoms with van der Waals surface area (Å²) in [4.78, 5) is 15.9. The van der Waals surface area contributed by atoms with Crippen molar-refractivity contribution in [1.82, 2.24) is 4.98 Å². The summed E-state index contributed by atoms with van der Waals surface area (Å²) in [5.74, 6) is 0.136. The van der Waals surface area contributed by atoms with Gasteiger partial charge in [0, 0.05) is 17.4 Å². The van der Waals surface area contributed by atoms with Crippen molar-refractivity contribution in [3.63, 3.8) is 0 Å². The third kappa shape index (κ3) is 3.16. The zero-order valence-electron chi connectivity index (χ0n) is 9.98. The van der Waals surface area contributed by atoms with Gasteiger partial charge < -0.3 is 10.1 Å². The molecule has 6 heteroatoms. The summed E-state index contributed by atoms with van der Waals surface area (Å²) in [7, 11) is 1.51. The van der Waals surface area contributed by atoms with Crippen LogP contribution in [-0.2, 0) is 0 Å². The summed E-state index contributed by atoms with van der Waals surface area (Å²) in [6.45, 7) is 0. The number of hydrogen-bond acceptors (Lipinski definition) is 3. The lowest BCUT2D eigenvalue weighted by Gasteiger charge is -2.10. The second kappa shape index (κ2) is 5.91. The maximum Gasteiger partial charge on any atom is 0.258 e. The van der Waals surface area contributed by atoms with E-state index in [9.17, 15) is 4.79 Å². The lowest BCUT2D eigenvalue weighted by atomic mass is 10.2. The molecular formula is C13H10Cl2N2O2. The molecule has 1 N–H and O–H groups in total. The van der Waals surface area contributed by atoms with Crippen molar-refractivity contribution in [1.29, 1.82) is 0 Å². The molecule has 0 radical (unpaired) electrons. The van der Waals surface area contributed by atoms with Crippen molar-refractivity contribution in [3.8, 4) is 5.75 Å². The first-order valence-electron chi connectivity index (χ1n) is 5.36. The molecule has 1 aromatic carbocycles. The monoisotopic (exact) mass is 296 g/mol. The van der Waals surface area contributed by atoms with E-state index >= 15 is 0 Å². The van der Waals surface area contributed by atoms with E-state index in [1.807, 2.05) is 0 Å².